The molecule has 1 fully saturated rings. The molecule has 1 aliphatic rings. The number of hydrogen-bond acceptors (Lipinski definition) is 3. The Bertz CT molecular complexity index is 499. The van der Waals surface area contributed by atoms with Crippen molar-refractivity contribution in [3.05, 3.63) is 28.7 Å². The van der Waals surface area contributed by atoms with E-state index in [0.717, 1.165) is 25.9 Å². The molecule has 100 valence electrons. The van der Waals surface area contributed by atoms with Crippen LogP contribution in [0.5, 0.6) is 0 Å². The Morgan fingerprint density at radius 2 is 1.94 bits per heavy atom. The van der Waals surface area contributed by atoms with Gasteiger partial charge in [-0.2, -0.15) is 0 Å². The molecule has 1 saturated heterocycles. The second-order valence-corrected chi connectivity index (χ2v) is 7.07. The van der Waals surface area contributed by atoms with E-state index in [1.54, 1.807) is 24.3 Å². The molecule has 2 rings (SSSR count). The molecule has 4 nitrogen and oxygen atoms in total. The van der Waals surface area contributed by atoms with Crippen LogP contribution in [-0.4, -0.2) is 28.1 Å². The van der Waals surface area contributed by atoms with E-state index in [4.69, 9.17) is 0 Å². The minimum absolute atomic E-state index is 0.305. The molecule has 1 aromatic rings. The number of benzene rings is 1. The van der Waals surface area contributed by atoms with Crippen LogP contribution >= 0.6 is 15.9 Å². The van der Waals surface area contributed by atoms with Crippen LogP contribution in [0.2, 0.25) is 0 Å². The van der Waals surface area contributed by atoms with Gasteiger partial charge in [-0.3, -0.25) is 0 Å². The van der Waals surface area contributed by atoms with Gasteiger partial charge < -0.3 is 5.32 Å². The lowest BCUT2D eigenvalue weighted by molar-refractivity contribution is 0.372. The molecule has 6 heteroatoms. The van der Waals surface area contributed by atoms with Gasteiger partial charge >= 0.3 is 0 Å². The zero-order chi connectivity index (χ0) is 13.0. The smallest absolute Gasteiger partial charge is 0.241 e. The molecule has 0 unspecified atom stereocenters. The van der Waals surface area contributed by atoms with Crippen molar-refractivity contribution < 1.29 is 8.42 Å². The summed E-state index contributed by atoms with van der Waals surface area (Å²) in [6, 6.07) is 6.87. The van der Waals surface area contributed by atoms with Gasteiger partial charge in [0.15, 0.2) is 0 Å². The summed E-state index contributed by atoms with van der Waals surface area (Å²) >= 11 is 3.27. The molecular formula is C12H17BrN2O2S. The molecule has 1 aromatic carbocycles. The van der Waals surface area contributed by atoms with Gasteiger partial charge in [-0.25, -0.2) is 13.1 Å². The number of hydrogen-bond donors (Lipinski definition) is 2. The predicted molar refractivity (Wildman–Crippen MR) is 74.9 cm³/mol. The Morgan fingerprint density at radius 1 is 1.28 bits per heavy atom. The number of halogens is 1. The monoisotopic (exact) mass is 332 g/mol. The average molecular weight is 333 g/mol. The number of sulfonamides is 1. The summed E-state index contributed by atoms with van der Waals surface area (Å²) < 4.78 is 27.6. The molecule has 0 spiro atoms. The van der Waals surface area contributed by atoms with Crippen LogP contribution in [-0.2, 0) is 10.0 Å². The minimum atomic E-state index is -3.41. The van der Waals surface area contributed by atoms with Crippen molar-refractivity contribution in [1.82, 2.24) is 10.0 Å². The topological polar surface area (TPSA) is 58.2 Å². The number of nitrogens with one attached hydrogen (secondary N) is 2. The van der Waals surface area contributed by atoms with E-state index >= 15 is 0 Å². The molecule has 0 radical (unpaired) electrons. The lowest BCUT2D eigenvalue weighted by Gasteiger charge is -2.22. The molecule has 0 atom stereocenters. The summed E-state index contributed by atoms with van der Waals surface area (Å²) in [7, 11) is -3.41. The molecule has 0 aliphatic carbocycles. The normalized spacial score (nSPS) is 17.8. The predicted octanol–water partition coefficient (Wildman–Crippen LogP) is 1.73. The van der Waals surface area contributed by atoms with Gasteiger partial charge in [0.05, 0.1) is 4.90 Å². The maximum absolute atomic E-state index is 12.1. The summed E-state index contributed by atoms with van der Waals surface area (Å²) in [4.78, 5) is 0.305. The highest BCUT2D eigenvalue weighted by Crippen LogP contribution is 2.21. The van der Waals surface area contributed by atoms with E-state index in [0.29, 0.717) is 21.8 Å². The number of piperidine rings is 1. The van der Waals surface area contributed by atoms with Crippen molar-refractivity contribution in [2.75, 3.05) is 19.6 Å². The molecule has 2 N–H and O–H groups in total. The zero-order valence-corrected chi connectivity index (χ0v) is 12.4. The molecule has 1 heterocycles. The zero-order valence-electron chi connectivity index (χ0n) is 10.0. The Hall–Kier alpha value is -0.430. The van der Waals surface area contributed by atoms with E-state index < -0.39 is 10.0 Å². The third-order valence-corrected chi connectivity index (χ3v) is 5.58. The van der Waals surface area contributed by atoms with Gasteiger partial charge in [0, 0.05) is 11.0 Å². The third kappa shape index (κ3) is 3.54. The Balaban J connectivity index is 2.01. The van der Waals surface area contributed by atoms with Crippen LogP contribution in [0.15, 0.2) is 33.6 Å². The van der Waals surface area contributed by atoms with E-state index in [-0.39, 0.29) is 0 Å². The fourth-order valence-corrected chi connectivity index (χ4v) is 4.17. The lowest BCUT2D eigenvalue weighted by Crippen LogP contribution is -2.36. The fourth-order valence-electron chi connectivity index (χ4n) is 2.05. The standard InChI is InChI=1S/C12H17BrN2O2S/c13-11-3-1-2-4-12(11)18(16,17)15-9-10-5-7-14-8-6-10/h1-4,10,14-15H,5-9H2. The van der Waals surface area contributed by atoms with Crippen molar-refractivity contribution in [3.63, 3.8) is 0 Å². The summed E-state index contributed by atoms with van der Waals surface area (Å²) in [6.45, 7) is 2.47. The van der Waals surface area contributed by atoms with Gasteiger partial charge in [-0.05, 0) is 59.9 Å². The van der Waals surface area contributed by atoms with Crippen LogP contribution in [0.1, 0.15) is 12.8 Å². The maximum atomic E-state index is 12.1. The van der Waals surface area contributed by atoms with Crippen LogP contribution in [0.25, 0.3) is 0 Å². The highest BCUT2D eigenvalue weighted by Gasteiger charge is 2.20. The van der Waals surface area contributed by atoms with Crippen molar-refractivity contribution in [2.45, 2.75) is 17.7 Å². The maximum Gasteiger partial charge on any atom is 0.241 e. The van der Waals surface area contributed by atoms with Gasteiger partial charge in [0.2, 0.25) is 10.0 Å². The molecule has 18 heavy (non-hydrogen) atoms. The third-order valence-electron chi connectivity index (χ3n) is 3.15. The van der Waals surface area contributed by atoms with Crippen LogP contribution in [0.4, 0.5) is 0 Å². The van der Waals surface area contributed by atoms with Crippen LogP contribution in [0.3, 0.4) is 0 Å². The summed E-state index contributed by atoms with van der Waals surface area (Å²) in [5.74, 6) is 0.434. The Morgan fingerprint density at radius 3 is 2.61 bits per heavy atom. The van der Waals surface area contributed by atoms with E-state index in [1.165, 1.54) is 0 Å². The second-order valence-electron chi connectivity index (χ2n) is 4.48. The van der Waals surface area contributed by atoms with Crippen LogP contribution in [0, 0.1) is 5.92 Å². The first-order valence-electron chi connectivity index (χ1n) is 6.04. The van der Waals surface area contributed by atoms with Gasteiger partial charge in [-0.1, -0.05) is 12.1 Å². The molecular weight excluding hydrogens is 316 g/mol. The Labute approximate surface area is 116 Å². The van der Waals surface area contributed by atoms with Crippen molar-refractivity contribution in [1.29, 1.82) is 0 Å². The molecule has 1 aliphatic heterocycles. The van der Waals surface area contributed by atoms with Crippen molar-refractivity contribution >= 4 is 26.0 Å². The van der Waals surface area contributed by atoms with E-state index in [1.807, 2.05) is 0 Å². The summed E-state index contributed by atoms with van der Waals surface area (Å²) in [5, 5.41) is 3.27. The van der Waals surface area contributed by atoms with Gasteiger partial charge in [-0.15, -0.1) is 0 Å². The first-order valence-corrected chi connectivity index (χ1v) is 8.32. The fraction of sp³-hybridized carbons (Fsp3) is 0.500. The lowest BCUT2D eigenvalue weighted by atomic mass is 9.99. The van der Waals surface area contributed by atoms with Crippen molar-refractivity contribution in [3.8, 4) is 0 Å². The molecule has 0 saturated carbocycles. The Kier molecular flexibility index (Phi) is 4.77. The summed E-state index contributed by atoms with van der Waals surface area (Å²) in [5.41, 5.74) is 0. The minimum Gasteiger partial charge on any atom is -0.317 e. The first kappa shape index (κ1) is 14.0. The molecule has 0 bridgehead atoms. The quantitative estimate of drug-likeness (QED) is 0.882. The highest BCUT2D eigenvalue weighted by molar-refractivity contribution is 9.10. The van der Waals surface area contributed by atoms with E-state index in [9.17, 15) is 8.42 Å². The van der Waals surface area contributed by atoms with Crippen molar-refractivity contribution in [2.24, 2.45) is 5.92 Å². The largest absolute Gasteiger partial charge is 0.317 e. The highest BCUT2D eigenvalue weighted by atomic mass is 79.9. The van der Waals surface area contributed by atoms with Gasteiger partial charge in [0.1, 0.15) is 0 Å². The van der Waals surface area contributed by atoms with Crippen LogP contribution < -0.4 is 10.0 Å². The molecule has 0 amide bonds. The summed E-state index contributed by atoms with van der Waals surface area (Å²) in [6.07, 6.45) is 2.05. The second kappa shape index (κ2) is 6.14. The first-order chi connectivity index (χ1) is 8.59. The SMILES string of the molecule is O=S(=O)(NCC1CCNCC1)c1ccccc1Br. The van der Waals surface area contributed by atoms with E-state index in [2.05, 4.69) is 26.0 Å². The molecule has 0 aromatic heterocycles. The average Bonchev–Trinajstić information content (AvgIpc) is 2.38. The number of rotatable bonds is 4. The van der Waals surface area contributed by atoms with Gasteiger partial charge in [0.25, 0.3) is 0 Å².